The summed E-state index contributed by atoms with van der Waals surface area (Å²) in [4.78, 5) is 23.1. The van der Waals surface area contributed by atoms with E-state index in [4.69, 9.17) is 4.74 Å². The van der Waals surface area contributed by atoms with Gasteiger partial charge in [0.2, 0.25) is 5.95 Å². The number of carbonyl (C=O) groups is 1. The van der Waals surface area contributed by atoms with E-state index in [-0.39, 0.29) is 5.91 Å². The monoisotopic (exact) mass is 371 g/mol. The van der Waals surface area contributed by atoms with Gasteiger partial charge in [-0.15, -0.1) is 0 Å². The van der Waals surface area contributed by atoms with E-state index >= 15 is 0 Å². The molecule has 0 radical (unpaired) electrons. The predicted octanol–water partition coefficient (Wildman–Crippen LogP) is 3.33. The second-order valence-corrected chi connectivity index (χ2v) is 6.19. The lowest BCUT2D eigenvalue weighted by molar-refractivity contribution is 0.102. The molecule has 1 aromatic heterocycles. The van der Waals surface area contributed by atoms with Gasteiger partial charge in [0.1, 0.15) is 0 Å². The fourth-order valence-electron chi connectivity index (χ4n) is 2.72. The number of nitrogens with zero attached hydrogens (tertiary/aromatic N) is 3. The van der Waals surface area contributed by atoms with Crippen molar-refractivity contribution in [3.05, 3.63) is 41.7 Å². The van der Waals surface area contributed by atoms with E-state index in [1.807, 2.05) is 19.1 Å². The van der Waals surface area contributed by atoms with Crippen LogP contribution in [0.25, 0.3) is 0 Å². The van der Waals surface area contributed by atoms with Crippen LogP contribution in [0.15, 0.2) is 30.6 Å². The average molecular weight is 371 g/mol. The summed E-state index contributed by atoms with van der Waals surface area (Å²) in [5.41, 5.74) is 3.38. The maximum atomic E-state index is 12.5. The zero-order valence-corrected chi connectivity index (χ0v) is 16.6. The summed E-state index contributed by atoms with van der Waals surface area (Å²) in [6.45, 7) is 9.55. The number of ether oxygens (including phenoxy) is 1. The Morgan fingerprint density at radius 3 is 2.48 bits per heavy atom. The summed E-state index contributed by atoms with van der Waals surface area (Å²) < 4.78 is 4.99. The van der Waals surface area contributed by atoms with Gasteiger partial charge in [-0.05, 0) is 51.0 Å². The van der Waals surface area contributed by atoms with Gasteiger partial charge < -0.3 is 20.3 Å². The van der Waals surface area contributed by atoms with Crippen molar-refractivity contribution in [1.29, 1.82) is 0 Å². The van der Waals surface area contributed by atoms with Crippen LogP contribution in [0.5, 0.6) is 0 Å². The molecule has 2 aromatic rings. The number of aromatic nitrogens is 2. The Labute approximate surface area is 161 Å². The van der Waals surface area contributed by atoms with Gasteiger partial charge in [-0.1, -0.05) is 0 Å². The number of hydrogen-bond donors (Lipinski definition) is 2. The molecule has 0 unspecified atom stereocenters. The van der Waals surface area contributed by atoms with Crippen LogP contribution in [0.1, 0.15) is 36.2 Å². The molecule has 7 heteroatoms. The van der Waals surface area contributed by atoms with Crippen molar-refractivity contribution in [3.63, 3.8) is 0 Å². The smallest absolute Gasteiger partial charge is 0.258 e. The molecule has 0 bridgehead atoms. The molecule has 2 rings (SSSR count). The third kappa shape index (κ3) is 5.92. The summed E-state index contributed by atoms with van der Waals surface area (Å²) >= 11 is 0. The summed E-state index contributed by atoms with van der Waals surface area (Å²) in [5.74, 6) is 0.280. The summed E-state index contributed by atoms with van der Waals surface area (Å²) in [5, 5.41) is 6.03. The minimum Gasteiger partial charge on any atom is -0.385 e. The molecule has 1 heterocycles. The number of amides is 1. The third-order valence-electron chi connectivity index (χ3n) is 4.31. The molecule has 0 spiro atoms. The molecule has 2 N–H and O–H groups in total. The first kappa shape index (κ1) is 20.6. The van der Waals surface area contributed by atoms with E-state index in [0.717, 1.165) is 43.0 Å². The fraction of sp³-hybridized carbons (Fsp3) is 0.450. The van der Waals surface area contributed by atoms with Gasteiger partial charge >= 0.3 is 0 Å². The maximum Gasteiger partial charge on any atom is 0.258 e. The standard InChI is InChI=1S/C20H29N5O2/c1-5-25(6-2)17-8-9-18(15(3)12-17)24-19(26)16-13-22-20(23-14-16)21-10-7-11-27-4/h8-9,12-14H,5-7,10-11H2,1-4H3,(H,24,26)(H,21,22,23). The van der Waals surface area contributed by atoms with Crippen LogP contribution in [0.2, 0.25) is 0 Å². The van der Waals surface area contributed by atoms with Crippen molar-refractivity contribution in [2.75, 3.05) is 48.9 Å². The zero-order chi connectivity index (χ0) is 19.6. The van der Waals surface area contributed by atoms with Gasteiger partial charge in [0.25, 0.3) is 5.91 Å². The number of methoxy groups -OCH3 is 1. The minimum absolute atomic E-state index is 0.223. The van der Waals surface area contributed by atoms with Gasteiger partial charge in [0.05, 0.1) is 5.56 Å². The number of anilines is 3. The van der Waals surface area contributed by atoms with Crippen molar-refractivity contribution < 1.29 is 9.53 Å². The van der Waals surface area contributed by atoms with Crippen LogP contribution < -0.4 is 15.5 Å². The highest BCUT2D eigenvalue weighted by atomic mass is 16.5. The van der Waals surface area contributed by atoms with Crippen LogP contribution in [-0.4, -0.2) is 49.2 Å². The second-order valence-electron chi connectivity index (χ2n) is 6.19. The molecule has 146 valence electrons. The van der Waals surface area contributed by atoms with Gasteiger partial charge in [0, 0.05) is 57.1 Å². The van der Waals surface area contributed by atoms with Crippen molar-refractivity contribution in [3.8, 4) is 0 Å². The van der Waals surface area contributed by atoms with Gasteiger partial charge in [0.15, 0.2) is 0 Å². The highest BCUT2D eigenvalue weighted by Crippen LogP contribution is 2.23. The number of aryl methyl sites for hydroxylation is 1. The van der Waals surface area contributed by atoms with Crippen molar-refractivity contribution in [2.45, 2.75) is 27.2 Å². The highest BCUT2D eigenvalue weighted by molar-refractivity contribution is 6.04. The van der Waals surface area contributed by atoms with Crippen LogP contribution in [0.4, 0.5) is 17.3 Å². The lowest BCUT2D eigenvalue weighted by atomic mass is 10.1. The van der Waals surface area contributed by atoms with Crippen molar-refractivity contribution >= 4 is 23.2 Å². The van der Waals surface area contributed by atoms with E-state index in [2.05, 4.69) is 45.4 Å². The van der Waals surface area contributed by atoms with E-state index in [1.54, 1.807) is 7.11 Å². The lowest BCUT2D eigenvalue weighted by Crippen LogP contribution is -2.22. The normalized spacial score (nSPS) is 10.5. The van der Waals surface area contributed by atoms with E-state index in [9.17, 15) is 4.79 Å². The fourth-order valence-corrected chi connectivity index (χ4v) is 2.72. The van der Waals surface area contributed by atoms with Crippen LogP contribution in [0.3, 0.4) is 0 Å². The Morgan fingerprint density at radius 2 is 1.89 bits per heavy atom. The molecular formula is C20H29N5O2. The maximum absolute atomic E-state index is 12.5. The Kier molecular flexibility index (Phi) is 8.00. The predicted molar refractivity (Wildman–Crippen MR) is 110 cm³/mol. The van der Waals surface area contributed by atoms with Crippen LogP contribution >= 0.6 is 0 Å². The molecule has 27 heavy (non-hydrogen) atoms. The first-order valence-electron chi connectivity index (χ1n) is 9.30. The average Bonchev–Trinajstić information content (AvgIpc) is 2.68. The topological polar surface area (TPSA) is 79.4 Å². The molecule has 7 nitrogen and oxygen atoms in total. The summed E-state index contributed by atoms with van der Waals surface area (Å²) in [6, 6.07) is 6.05. The van der Waals surface area contributed by atoms with E-state index < -0.39 is 0 Å². The number of hydrogen-bond acceptors (Lipinski definition) is 6. The first-order chi connectivity index (χ1) is 13.1. The SMILES string of the molecule is CCN(CC)c1ccc(NC(=O)c2cnc(NCCCOC)nc2)c(C)c1. The van der Waals surface area contributed by atoms with Gasteiger partial charge in [-0.3, -0.25) is 4.79 Å². The second kappa shape index (κ2) is 10.5. The largest absolute Gasteiger partial charge is 0.385 e. The number of carbonyl (C=O) groups excluding carboxylic acids is 1. The number of nitrogens with one attached hydrogen (secondary N) is 2. The molecule has 1 amide bonds. The zero-order valence-electron chi connectivity index (χ0n) is 16.6. The molecule has 1 aromatic carbocycles. The number of rotatable bonds is 10. The highest BCUT2D eigenvalue weighted by Gasteiger charge is 2.11. The van der Waals surface area contributed by atoms with Crippen molar-refractivity contribution in [1.82, 2.24) is 9.97 Å². The van der Waals surface area contributed by atoms with E-state index in [0.29, 0.717) is 18.1 Å². The van der Waals surface area contributed by atoms with Crippen molar-refractivity contribution in [2.24, 2.45) is 0 Å². The van der Waals surface area contributed by atoms with Gasteiger partial charge in [-0.2, -0.15) is 0 Å². The molecule has 0 fully saturated rings. The third-order valence-corrected chi connectivity index (χ3v) is 4.31. The molecule has 0 atom stereocenters. The Balaban J connectivity index is 1.98. The molecular weight excluding hydrogens is 342 g/mol. The molecule has 0 aliphatic carbocycles. The first-order valence-corrected chi connectivity index (χ1v) is 9.30. The Hall–Kier alpha value is -2.67. The molecule has 0 aliphatic rings. The summed E-state index contributed by atoms with van der Waals surface area (Å²) in [7, 11) is 1.67. The molecule has 0 aliphatic heterocycles. The quantitative estimate of drug-likeness (QED) is 0.624. The number of benzene rings is 1. The minimum atomic E-state index is -0.223. The lowest BCUT2D eigenvalue weighted by Gasteiger charge is -2.22. The Morgan fingerprint density at radius 1 is 1.19 bits per heavy atom. The van der Waals surface area contributed by atoms with Crippen LogP contribution in [0, 0.1) is 6.92 Å². The Bertz CT molecular complexity index is 730. The molecule has 0 saturated carbocycles. The van der Waals surface area contributed by atoms with Crippen LogP contribution in [-0.2, 0) is 4.74 Å². The van der Waals surface area contributed by atoms with E-state index in [1.165, 1.54) is 12.4 Å². The van der Waals surface area contributed by atoms with Gasteiger partial charge in [-0.25, -0.2) is 9.97 Å². The molecule has 0 saturated heterocycles. The summed E-state index contributed by atoms with van der Waals surface area (Å²) in [6.07, 6.45) is 3.92.